The molecule has 0 unspecified atom stereocenters. The number of fused-ring (bicyclic) bond motifs is 1. The second-order valence-corrected chi connectivity index (χ2v) is 5.12. The highest BCUT2D eigenvalue weighted by Gasteiger charge is 2.38. The molecule has 2 aliphatic heterocycles. The number of carbonyl (C=O) groups is 1. The molecule has 3 heteroatoms. The molecule has 0 spiro atoms. The molecule has 90 valence electrons. The third-order valence-electron chi connectivity index (χ3n) is 3.94. The van der Waals surface area contributed by atoms with Crippen LogP contribution in [-0.4, -0.2) is 30.4 Å². The first kappa shape index (κ1) is 10.8. The van der Waals surface area contributed by atoms with Gasteiger partial charge in [-0.05, 0) is 18.5 Å². The minimum Gasteiger partial charge on any atom is -0.355 e. The van der Waals surface area contributed by atoms with Gasteiger partial charge in [-0.15, -0.1) is 0 Å². The summed E-state index contributed by atoms with van der Waals surface area (Å²) < 4.78 is 0. The first-order valence-corrected chi connectivity index (χ1v) is 6.37. The van der Waals surface area contributed by atoms with Gasteiger partial charge in [0, 0.05) is 31.5 Å². The van der Waals surface area contributed by atoms with Gasteiger partial charge in [0.25, 0.3) is 0 Å². The molecule has 2 saturated heterocycles. The van der Waals surface area contributed by atoms with Crippen LogP contribution < -0.4 is 5.32 Å². The van der Waals surface area contributed by atoms with Gasteiger partial charge >= 0.3 is 0 Å². The minimum atomic E-state index is 0.273. The number of nitrogens with one attached hydrogen (secondary N) is 1. The molecule has 2 fully saturated rings. The van der Waals surface area contributed by atoms with Crippen molar-refractivity contribution in [3.8, 4) is 0 Å². The summed E-state index contributed by atoms with van der Waals surface area (Å²) >= 11 is 0. The van der Waals surface area contributed by atoms with Gasteiger partial charge in [0.05, 0.1) is 0 Å². The number of amides is 1. The van der Waals surface area contributed by atoms with Crippen LogP contribution in [0, 0.1) is 11.8 Å². The zero-order chi connectivity index (χ0) is 11.7. The first-order chi connectivity index (χ1) is 8.33. The molecule has 0 aliphatic carbocycles. The van der Waals surface area contributed by atoms with Crippen LogP contribution in [0.15, 0.2) is 30.3 Å². The summed E-state index contributed by atoms with van der Waals surface area (Å²) in [6.45, 7) is 3.98. The standard InChI is InChI=1S/C14H18N2O/c17-14-13-6-7-16(10-12(13)8-15-14)9-11-4-2-1-3-5-11/h1-5,12-13H,6-10H2,(H,15,17)/t12-,13-/m1/s1. The highest BCUT2D eigenvalue weighted by Crippen LogP contribution is 2.28. The third kappa shape index (κ3) is 2.20. The summed E-state index contributed by atoms with van der Waals surface area (Å²) in [6.07, 6.45) is 1.02. The second-order valence-electron chi connectivity index (χ2n) is 5.12. The van der Waals surface area contributed by atoms with Gasteiger partial charge in [0.15, 0.2) is 0 Å². The lowest BCUT2D eigenvalue weighted by Crippen LogP contribution is -2.40. The smallest absolute Gasteiger partial charge is 0.223 e. The minimum absolute atomic E-state index is 0.273. The van der Waals surface area contributed by atoms with E-state index >= 15 is 0 Å². The zero-order valence-electron chi connectivity index (χ0n) is 9.93. The molecule has 0 saturated carbocycles. The van der Waals surface area contributed by atoms with Crippen molar-refractivity contribution in [2.45, 2.75) is 13.0 Å². The average Bonchev–Trinajstić information content (AvgIpc) is 2.72. The lowest BCUT2D eigenvalue weighted by atomic mass is 9.88. The number of benzene rings is 1. The van der Waals surface area contributed by atoms with Gasteiger partial charge in [0.2, 0.25) is 5.91 Å². The number of nitrogens with zero attached hydrogens (tertiary/aromatic N) is 1. The molecule has 2 aliphatic rings. The topological polar surface area (TPSA) is 32.3 Å². The van der Waals surface area contributed by atoms with Crippen LogP contribution in [0.3, 0.4) is 0 Å². The Hall–Kier alpha value is -1.35. The fraction of sp³-hybridized carbons (Fsp3) is 0.500. The SMILES string of the molecule is O=C1NC[C@@H]2CN(Cc3ccccc3)CC[C@@H]12. The van der Waals surface area contributed by atoms with E-state index in [1.165, 1.54) is 5.56 Å². The van der Waals surface area contributed by atoms with Crippen molar-refractivity contribution < 1.29 is 4.79 Å². The summed E-state index contributed by atoms with van der Waals surface area (Å²) in [5.41, 5.74) is 1.36. The molecule has 1 N–H and O–H groups in total. The Morgan fingerprint density at radius 2 is 2.12 bits per heavy atom. The summed E-state index contributed by atoms with van der Waals surface area (Å²) in [4.78, 5) is 14.0. The molecule has 2 atom stereocenters. The molecule has 1 aromatic rings. The summed E-state index contributed by atoms with van der Waals surface area (Å²) in [5, 5.41) is 2.98. The highest BCUT2D eigenvalue weighted by atomic mass is 16.2. The molecule has 3 rings (SSSR count). The number of likely N-dealkylation sites (tertiary alicyclic amines) is 1. The van der Waals surface area contributed by atoms with Crippen molar-refractivity contribution in [1.82, 2.24) is 10.2 Å². The van der Waals surface area contributed by atoms with Crippen molar-refractivity contribution in [2.24, 2.45) is 11.8 Å². The highest BCUT2D eigenvalue weighted by molar-refractivity contribution is 5.81. The Morgan fingerprint density at radius 3 is 2.94 bits per heavy atom. The van der Waals surface area contributed by atoms with E-state index in [-0.39, 0.29) is 11.8 Å². The number of rotatable bonds is 2. The molecule has 1 amide bonds. The van der Waals surface area contributed by atoms with Gasteiger partial charge in [-0.1, -0.05) is 30.3 Å². The van der Waals surface area contributed by atoms with E-state index in [1.54, 1.807) is 0 Å². The van der Waals surface area contributed by atoms with Crippen molar-refractivity contribution in [2.75, 3.05) is 19.6 Å². The van der Waals surface area contributed by atoms with Gasteiger partial charge in [-0.2, -0.15) is 0 Å². The number of hydrogen-bond donors (Lipinski definition) is 1. The zero-order valence-corrected chi connectivity index (χ0v) is 9.93. The lowest BCUT2D eigenvalue weighted by molar-refractivity contribution is -0.124. The predicted octanol–water partition coefficient (Wildman–Crippen LogP) is 1.25. The third-order valence-corrected chi connectivity index (χ3v) is 3.94. The van der Waals surface area contributed by atoms with Crippen molar-refractivity contribution in [3.63, 3.8) is 0 Å². The van der Waals surface area contributed by atoms with Crippen LogP contribution in [0.25, 0.3) is 0 Å². The Labute approximate surface area is 102 Å². The Bertz CT molecular complexity index is 404. The average molecular weight is 230 g/mol. The van der Waals surface area contributed by atoms with Gasteiger partial charge < -0.3 is 5.32 Å². The second kappa shape index (κ2) is 4.49. The maximum Gasteiger partial charge on any atom is 0.223 e. The van der Waals surface area contributed by atoms with E-state index in [0.717, 1.165) is 32.6 Å². The van der Waals surface area contributed by atoms with Gasteiger partial charge in [0.1, 0.15) is 0 Å². The van der Waals surface area contributed by atoms with Crippen molar-refractivity contribution in [3.05, 3.63) is 35.9 Å². The van der Waals surface area contributed by atoms with Gasteiger partial charge in [-0.25, -0.2) is 0 Å². The maximum atomic E-state index is 11.5. The molecular formula is C14H18N2O. The predicted molar refractivity (Wildman–Crippen MR) is 66.3 cm³/mol. The van der Waals surface area contributed by atoms with Crippen LogP contribution in [0.1, 0.15) is 12.0 Å². The maximum absolute atomic E-state index is 11.5. The Morgan fingerprint density at radius 1 is 1.29 bits per heavy atom. The van der Waals surface area contributed by atoms with Gasteiger partial charge in [-0.3, -0.25) is 9.69 Å². The number of carbonyl (C=O) groups excluding carboxylic acids is 1. The van der Waals surface area contributed by atoms with E-state index in [0.29, 0.717) is 5.92 Å². The van der Waals surface area contributed by atoms with Crippen LogP contribution >= 0.6 is 0 Å². The first-order valence-electron chi connectivity index (χ1n) is 6.37. The molecule has 0 bridgehead atoms. The molecule has 2 heterocycles. The Kier molecular flexibility index (Phi) is 2.85. The summed E-state index contributed by atoms with van der Waals surface area (Å²) in [5.74, 6) is 1.08. The number of piperidine rings is 1. The van der Waals surface area contributed by atoms with E-state index in [1.807, 2.05) is 0 Å². The quantitative estimate of drug-likeness (QED) is 0.829. The summed E-state index contributed by atoms with van der Waals surface area (Å²) in [7, 11) is 0. The monoisotopic (exact) mass is 230 g/mol. The fourth-order valence-electron chi connectivity index (χ4n) is 3.01. The van der Waals surface area contributed by atoms with E-state index in [9.17, 15) is 4.79 Å². The largest absolute Gasteiger partial charge is 0.355 e. The molecule has 0 aromatic heterocycles. The van der Waals surface area contributed by atoms with E-state index < -0.39 is 0 Å². The fourth-order valence-corrected chi connectivity index (χ4v) is 3.01. The van der Waals surface area contributed by atoms with Crippen LogP contribution in [0.5, 0.6) is 0 Å². The van der Waals surface area contributed by atoms with Crippen LogP contribution in [-0.2, 0) is 11.3 Å². The normalized spacial score (nSPS) is 28.8. The van der Waals surface area contributed by atoms with E-state index in [4.69, 9.17) is 0 Å². The molecule has 17 heavy (non-hydrogen) atoms. The molecule has 3 nitrogen and oxygen atoms in total. The van der Waals surface area contributed by atoms with Crippen LogP contribution in [0.4, 0.5) is 0 Å². The lowest BCUT2D eigenvalue weighted by Gasteiger charge is -2.33. The Balaban J connectivity index is 1.62. The molecule has 0 radical (unpaired) electrons. The number of hydrogen-bond acceptors (Lipinski definition) is 2. The van der Waals surface area contributed by atoms with Crippen molar-refractivity contribution >= 4 is 5.91 Å². The van der Waals surface area contributed by atoms with Crippen molar-refractivity contribution in [1.29, 1.82) is 0 Å². The molecule has 1 aromatic carbocycles. The summed E-state index contributed by atoms with van der Waals surface area (Å²) in [6, 6.07) is 10.6. The van der Waals surface area contributed by atoms with Crippen LogP contribution in [0.2, 0.25) is 0 Å². The van der Waals surface area contributed by atoms with E-state index in [2.05, 4.69) is 40.5 Å². The molecular weight excluding hydrogens is 212 g/mol.